The molecule has 0 aromatic carbocycles. The van der Waals surface area contributed by atoms with Gasteiger partial charge in [-0.05, 0) is 39.0 Å². The summed E-state index contributed by atoms with van der Waals surface area (Å²) in [5.74, 6) is 0.190. The van der Waals surface area contributed by atoms with Gasteiger partial charge in [-0.15, -0.1) is 0 Å². The Morgan fingerprint density at radius 1 is 1.44 bits per heavy atom. The average molecular weight is 252 g/mol. The highest BCUT2D eigenvalue weighted by Gasteiger charge is 2.59. The van der Waals surface area contributed by atoms with E-state index < -0.39 is 0 Å². The maximum atomic E-state index is 11.8. The first-order valence-corrected chi connectivity index (χ1v) is 7.41. The van der Waals surface area contributed by atoms with Gasteiger partial charge < -0.3 is 15.4 Å². The van der Waals surface area contributed by atoms with Gasteiger partial charge in [0, 0.05) is 24.6 Å². The largest absolute Gasteiger partial charge is 0.378 e. The van der Waals surface area contributed by atoms with Crippen LogP contribution in [-0.2, 0) is 9.53 Å². The molecule has 4 nitrogen and oxygen atoms in total. The highest BCUT2D eigenvalue weighted by Crippen LogP contribution is 2.57. The van der Waals surface area contributed by atoms with E-state index in [-0.39, 0.29) is 11.9 Å². The second kappa shape index (κ2) is 4.82. The van der Waals surface area contributed by atoms with E-state index in [0.29, 0.717) is 17.6 Å². The van der Waals surface area contributed by atoms with E-state index >= 15 is 0 Å². The Kier molecular flexibility index (Phi) is 3.32. The second-order valence-electron chi connectivity index (χ2n) is 5.97. The molecule has 2 aliphatic carbocycles. The molecule has 0 bridgehead atoms. The lowest BCUT2D eigenvalue weighted by molar-refractivity contribution is -0.176. The van der Waals surface area contributed by atoms with Crippen molar-refractivity contribution in [1.82, 2.24) is 10.6 Å². The fourth-order valence-corrected chi connectivity index (χ4v) is 3.85. The van der Waals surface area contributed by atoms with Crippen molar-refractivity contribution in [2.45, 2.75) is 63.6 Å². The van der Waals surface area contributed by atoms with Gasteiger partial charge in [0.25, 0.3) is 0 Å². The smallest absolute Gasteiger partial charge is 0.237 e. The minimum Gasteiger partial charge on any atom is -0.378 e. The normalized spacial score (nSPS) is 37.8. The van der Waals surface area contributed by atoms with E-state index in [1.807, 2.05) is 0 Å². The number of nitrogens with one attached hydrogen (secondary N) is 2. The molecule has 1 aliphatic heterocycles. The minimum atomic E-state index is 0.0313. The predicted octanol–water partition coefficient (Wildman–Crippen LogP) is 1.20. The van der Waals surface area contributed by atoms with Gasteiger partial charge in [0.05, 0.1) is 12.1 Å². The summed E-state index contributed by atoms with van der Waals surface area (Å²) in [5.41, 5.74) is 0.355. The third kappa shape index (κ3) is 1.86. The summed E-state index contributed by atoms with van der Waals surface area (Å²) in [5, 5.41) is 6.55. The number of carbonyl (C=O) groups excluding carboxylic acids is 1. The topological polar surface area (TPSA) is 50.4 Å². The molecule has 1 saturated heterocycles. The number of ether oxygens (including phenoxy) is 1. The maximum Gasteiger partial charge on any atom is 0.237 e. The zero-order chi connectivity index (χ0) is 12.6. The summed E-state index contributed by atoms with van der Waals surface area (Å²) >= 11 is 0. The van der Waals surface area contributed by atoms with E-state index in [1.165, 1.54) is 19.3 Å². The fraction of sp³-hybridized carbons (Fsp3) is 0.929. The lowest BCUT2D eigenvalue weighted by Crippen LogP contribution is -2.69. The number of hydrogen-bond donors (Lipinski definition) is 2. The summed E-state index contributed by atoms with van der Waals surface area (Å²) in [6.45, 7) is 3.72. The van der Waals surface area contributed by atoms with Gasteiger partial charge >= 0.3 is 0 Å². The lowest BCUT2D eigenvalue weighted by atomic mass is 9.51. The molecule has 0 aromatic heterocycles. The predicted molar refractivity (Wildman–Crippen MR) is 69.3 cm³/mol. The first-order chi connectivity index (χ1) is 8.76. The van der Waals surface area contributed by atoms with Crippen LogP contribution in [0.1, 0.15) is 45.4 Å². The van der Waals surface area contributed by atoms with Gasteiger partial charge in [0.2, 0.25) is 5.91 Å². The molecule has 18 heavy (non-hydrogen) atoms. The Morgan fingerprint density at radius 3 is 2.89 bits per heavy atom. The molecular weight excluding hydrogens is 228 g/mol. The molecule has 0 radical (unpaired) electrons. The van der Waals surface area contributed by atoms with E-state index in [0.717, 1.165) is 32.4 Å². The first-order valence-electron chi connectivity index (χ1n) is 7.41. The molecule has 102 valence electrons. The van der Waals surface area contributed by atoms with Crippen molar-refractivity contribution in [2.24, 2.45) is 5.41 Å². The van der Waals surface area contributed by atoms with Gasteiger partial charge in [-0.2, -0.15) is 0 Å². The van der Waals surface area contributed by atoms with Crippen LogP contribution in [0.25, 0.3) is 0 Å². The van der Waals surface area contributed by atoms with Crippen LogP contribution in [0, 0.1) is 5.41 Å². The van der Waals surface area contributed by atoms with E-state index in [1.54, 1.807) is 0 Å². The molecule has 1 amide bonds. The Bertz CT molecular complexity index is 328. The van der Waals surface area contributed by atoms with E-state index in [9.17, 15) is 4.79 Å². The molecule has 2 saturated carbocycles. The van der Waals surface area contributed by atoms with Crippen LogP contribution < -0.4 is 10.6 Å². The van der Waals surface area contributed by atoms with Crippen LogP contribution in [0.3, 0.4) is 0 Å². The van der Waals surface area contributed by atoms with Gasteiger partial charge in [0.1, 0.15) is 0 Å². The summed E-state index contributed by atoms with van der Waals surface area (Å²) in [6.07, 6.45) is 7.44. The summed E-state index contributed by atoms with van der Waals surface area (Å²) < 4.78 is 5.84. The second-order valence-corrected chi connectivity index (χ2v) is 5.97. The summed E-state index contributed by atoms with van der Waals surface area (Å²) in [4.78, 5) is 11.8. The molecule has 3 aliphatic rings. The fourth-order valence-electron chi connectivity index (χ4n) is 3.85. The van der Waals surface area contributed by atoms with Crippen molar-refractivity contribution in [3.8, 4) is 0 Å². The molecule has 3 atom stereocenters. The minimum absolute atomic E-state index is 0.0313. The van der Waals surface area contributed by atoms with Crippen LogP contribution in [0.15, 0.2) is 0 Å². The third-order valence-electron chi connectivity index (χ3n) is 5.12. The van der Waals surface area contributed by atoms with Crippen molar-refractivity contribution in [3.05, 3.63) is 0 Å². The molecule has 3 rings (SSSR count). The number of hydrogen-bond acceptors (Lipinski definition) is 3. The van der Waals surface area contributed by atoms with Crippen molar-refractivity contribution in [3.63, 3.8) is 0 Å². The molecule has 3 unspecified atom stereocenters. The first kappa shape index (κ1) is 12.4. The summed E-state index contributed by atoms with van der Waals surface area (Å²) in [6, 6.07) is 0.528. The molecule has 1 spiro atoms. The molecule has 0 aromatic rings. The monoisotopic (exact) mass is 252 g/mol. The zero-order valence-corrected chi connectivity index (χ0v) is 11.2. The Morgan fingerprint density at radius 2 is 2.28 bits per heavy atom. The Labute approximate surface area is 109 Å². The van der Waals surface area contributed by atoms with Gasteiger partial charge in [-0.3, -0.25) is 4.79 Å². The highest BCUT2D eigenvalue weighted by atomic mass is 16.5. The van der Waals surface area contributed by atoms with Crippen LogP contribution in [0.4, 0.5) is 0 Å². The highest BCUT2D eigenvalue weighted by molar-refractivity contribution is 5.82. The Balaban J connectivity index is 1.59. The van der Waals surface area contributed by atoms with Gasteiger partial charge in [-0.1, -0.05) is 6.42 Å². The lowest BCUT2D eigenvalue weighted by Gasteiger charge is -2.61. The number of amides is 1. The SMILES string of the molecule is CCOC1CC(NC2CCCNC2=O)C12CCC2. The van der Waals surface area contributed by atoms with Crippen molar-refractivity contribution >= 4 is 5.91 Å². The molecule has 4 heteroatoms. The number of rotatable bonds is 4. The maximum absolute atomic E-state index is 11.8. The van der Waals surface area contributed by atoms with Crippen molar-refractivity contribution in [2.75, 3.05) is 13.2 Å². The van der Waals surface area contributed by atoms with Gasteiger partial charge in [-0.25, -0.2) is 0 Å². The van der Waals surface area contributed by atoms with Crippen molar-refractivity contribution in [1.29, 1.82) is 0 Å². The van der Waals surface area contributed by atoms with Crippen LogP contribution in [-0.4, -0.2) is 37.2 Å². The Hall–Kier alpha value is -0.610. The molecule has 1 heterocycles. The standard InChI is InChI=1S/C14H24N2O2/c1-2-18-12-9-11(14(12)6-4-7-14)16-10-5-3-8-15-13(10)17/h10-12,16H,2-9H2,1H3,(H,15,17). The zero-order valence-electron chi connectivity index (χ0n) is 11.2. The molecule has 3 fully saturated rings. The number of piperidine rings is 1. The van der Waals surface area contributed by atoms with E-state index in [2.05, 4.69) is 17.6 Å². The number of carbonyl (C=O) groups is 1. The van der Waals surface area contributed by atoms with E-state index in [4.69, 9.17) is 4.74 Å². The summed E-state index contributed by atoms with van der Waals surface area (Å²) in [7, 11) is 0. The molecule has 2 N–H and O–H groups in total. The van der Waals surface area contributed by atoms with Crippen molar-refractivity contribution < 1.29 is 9.53 Å². The van der Waals surface area contributed by atoms with Crippen LogP contribution >= 0.6 is 0 Å². The molecular formula is C14H24N2O2. The third-order valence-corrected chi connectivity index (χ3v) is 5.12. The van der Waals surface area contributed by atoms with Gasteiger partial charge in [0.15, 0.2) is 0 Å². The quantitative estimate of drug-likeness (QED) is 0.790. The average Bonchev–Trinajstić information content (AvgIpc) is 2.28. The van der Waals surface area contributed by atoms with Crippen LogP contribution in [0.2, 0.25) is 0 Å². The van der Waals surface area contributed by atoms with Crippen LogP contribution in [0.5, 0.6) is 0 Å².